The lowest BCUT2D eigenvalue weighted by Gasteiger charge is -2.02. The third kappa shape index (κ3) is 2.52. The Bertz CT molecular complexity index is 502. The van der Waals surface area contributed by atoms with E-state index in [1.165, 1.54) is 24.8 Å². The fraction of sp³-hybridized carbons (Fsp3) is 0. The van der Waals surface area contributed by atoms with Crippen LogP contribution < -0.4 is 4.74 Å². The summed E-state index contributed by atoms with van der Waals surface area (Å²) >= 11 is 5.73. The minimum atomic E-state index is 0.134. The number of aldehydes is 1. The van der Waals surface area contributed by atoms with E-state index in [0.29, 0.717) is 22.6 Å². The molecule has 16 heavy (non-hydrogen) atoms. The van der Waals surface area contributed by atoms with Gasteiger partial charge < -0.3 is 4.74 Å². The monoisotopic (exact) mass is 235 g/mol. The summed E-state index contributed by atoms with van der Waals surface area (Å²) in [7, 11) is 0. The molecule has 80 valence electrons. The van der Waals surface area contributed by atoms with E-state index in [-0.39, 0.29) is 6.01 Å². The smallest absolute Gasteiger partial charge is 0.321 e. The molecule has 2 rings (SSSR count). The molecule has 0 saturated carbocycles. The lowest BCUT2D eigenvalue weighted by atomic mass is 10.4. The van der Waals surface area contributed by atoms with E-state index < -0.39 is 0 Å². The van der Waals surface area contributed by atoms with Crippen LogP contribution in [0.3, 0.4) is 0 Å². The zero-order valence-corrected chi connectivity index (χ0v) is 8.76. The quantitative estimate of drug-likeness (QED) is 0.763. The third-order valence-electron chi connectivity index (χ3n) is 1.67. The van der Waals surface area contributed by atoms with Crippen LogP contribution in [0.1, 0.15) is 10.4 Å². The highest BCUT2D eigenvalue weighted by Gasteiger charge is 2.01. The van der Waals surface area contributed by atoms with Gasteiger partial charge in [-0.1, -0.05) is 11.6 Å². The van der Waals surface area contributed by atoms with Crippen LogP contribution >= 0.6 is 11.6 Å². The van der Waals surface area contributed by atoms with E-state index in [0.717, 1.165) is 0 Å². The number of pyridine rings is 1. The van der Waals surface area contributed by atoms with E-state index in [4.69, 9.17) is 16.3 Å². The molecule has 0 atom stereocenters. The van der Waals surface area contributed by atoms with Gasteiger partial charge in [0.2, 0.25) is 0 Å². The first-order valence-electron chi connectivity index (χ1n) is 4.33. The van der Waals surface area contributed by atoms with Crippen LogP contribution in [0.15, 0.2) is 30.9 Å². The summed E-state index contributed by atoms with van der Waals surface area (Å²) in [6.07, 6.45) is 6.37. The van der Waals surface area contributed by atoms with Crippen molar-refractivity contribution in [2.24, 2.45) is 0 Å². The molecule has 0 spiro atoms. The van der Waals surface area contributed by atoms with Gasteiger partial charge in [0.15, 0.2) is 12.0 Å². The predicted octanol–water partition coefficient (Wildman–Crippen LogP) is 2.13. The number of hydrogen-bond donors (Lipinski definition) is 0. The van der Waals surface area contributed by atoms with E-state index in [1.807, 2.05) is 0 Å². The Kier molecular flexibility index (Phi) is 3.07. The van der Waals surface area contributed by atoms with Gasteiger partial charge in [0, 0.05) is 24.7 Å². The molecule has 5 nitrogen and oxygen atoms in total. The van der Waals surface area contributed by atoms with Crippen molar-refractivity contribution in [3.05, 3.63) is 41.4 Å². The Labute approximate surface area is 96.1 Å². The van der Waals surface area contributed by atoms with Gasteiger partial charge in [0.25, 0.3) is 0 Å². The summed E-state index contributed by atoms with van der Waals surface area (Å²) in [6.45, 7) is 0. The minimum absolute atomic E-state index is 0.134. The van der Waals surface area contributed by atoms with Gasteiger partial charge >= 0.3 is 6.01 Å². The predicted molar refractivity (Wildman–Crippen MR) is 56.7 cm³/mol. The van der Waals surface area contributed by atoms with Crippen molar-refractivity contribution in [3.8, 4) is 11.8 Å². The summed E-state index contributed by atoms with van der Waals surface area (Å²) < 4.78 is 5.27. The molecule has 0 unspecified atom stereocenters. The molecular weight excluding hydrogens is 230 g/mol. The third-order valence-corrected chi connectivity index (χ3v) is 1.88. The Morgan fingerprint density at radius 1 is 1.19 bits per heavy atom. The van der Waals surface area contributed by atoms with Crippen molar-refractivity contribution in [1.82, 2.24) is 15.0 Å². The molecule has 0 aliphatic heterocycles. The maximum atomic E-state index is 10.4. The highest BCUT2D eigenvalue weighted by molar-refractivity contribution is 6.30. The molecule has 2 heterocycles. The van der Waals surface area contributed by atoms with Gasteiger partial charge in [-0.05, 0) is 0 Å². The van der Waals surface area contributed by atoms with E-state index >= 15 is 0 Å². The maximum Gasteiger partial charge on any atom is 0.321 e. The molecule has 0 saturated heterocycles. The summed E-state index contributed by atoms with van der Waals surface area (Å²) in [4.78, 5) is 21.9. The minimum Gasteiger partial charge on any atom is -0.423 e. The SMILES string of the molecule is O=Cc1cnc(Oc2cncc(Cl)c2)nc1. The van der Waals surface area contributed by atoms with Crippen molar-refractivity contribution in [3.63, 3.8) is 0 Å². The standard InChI is InChI=1S/C10H6ClN3O2/c11-8-1-9(5-12-4-8)16-10-13-2-7(6-15)3-14-10/h1-6H. The van der Waals surface area contributed by atoms with Crippen molar-refractivity contribution < 1.29 is 9.53 Å². The van der Waals surface area contributed by atoms with Crippen LogP contribution in [-0.2, 0) is 0 Å². The van der Waals surface area contributed by atoms with E-state index in [1.54, 1.807) is 6.07 Å². The van der Waals surface area contributed by atoms with E-state index in [2.05, 4.69) is 15.0 Å². The topological polar surface area (TPSA) is 65.0 Å². The molecular formula is C10H6ClN3O2. The van der Waals surface area contributed by atoms with Gasteiger partial charge in [-0.15, -0.1) is 0 Å². The number of carbonyl (C=O) groups is 1. The molecule has 6 heteroatoms. The zero-order valence-electron chi connectivity index (χ0n) is 8.00. The van der Waals surface area contributed by atoms with Gasteiger partial charge in [-0.3, -0.25) is 9.78 Å². The van der Waals surface area contributed by atoms with Crippen LogP contribution in [0.4, 0.5) is 0 Å². The number of aromatic nitrogens is 3. The average molecular weight is 236 g/mol. The van der Waals surface area contributed by atoms with Crippen molar-refractivity contribution in [2.75, 3.05) is 0 Å². The molecule has 0 N–H and O–H groups in total. The molecule has 2 aromatic heterocycles. The van der Waals surface area contributed by atoms with Crippen LogP contribution in [0.25, 0.3) is 0 Å². The van der Waals surface area contributed by atoms with Crippen LogP contribution in [0, 0.1) is 0 Å². The Hall–Kier alpha value is -2.01. The lowest BCUT2D eigenvalue weighted by molar-refractivity contribution is 0.112. The number of nitrogens with zero attached hydrogens (tertiary/aromatic N) is 3. The molecule has 0 aliphatic carbocycles. The molecule has 2 aromatic rings. The van der Waals surface area contributed by atoms with Gasteiger partial charge in [-0.2, -0.15) is 0 Å². The number of ether oxygens (including phenoxy) is 1. The molecule has 0 aliphatic rings. The summed E-state index contributed by atoms with van der Waals surface area (Å²) in [6, 6.07) is 1.72. The van der Waals surface area contributed by atoms with Crippen LogP contribution in [0.2, 0.25) is 5.02 Å². The average Bonchev–Trinajstić information content (AvgIpc) is 2.30. The van der Waals surface area contributed by atoms with Crippen molar-refractivity contribution in [2.45, 2.75) is 0 Å². The number of hydrogen-bond acceptors (Lipinski definition) is 5. The highest BCUT2D eigenvalue weighted by Crippen LogP contribution is 2.19. The molecule has 0 aromatic carbocycles. The molecule has 0 amide bonds. The Balaban J connectivity index is 2.17. The first-order valence-corrected chi connectivity index (χ1v) is 4.71. The molecule has 0 radical (unpaired) electrons. The maximum absolute atomic E-state index is 10.4. The fourth-order valence-corrected chi connectivity index (χ4v) is 1.16. The first-order chi connectivity index (χ1) is 7.78. The largest absolute Gasteiger partial charge is 0.423 e. The normalized spacial score (nSPS) is 9.81. The first kappa shape index (κ1) is 10.5. The summed E-state index contributed by atoms with van der Waals surface area (Å²) in [5.41, 5.74) is 0.386. The molecule has 0 fully saturated rings. The van der Waals surface area contributed by atoms with Gasteiger partial charge in [0.05, 0.1) is 16.8 Å². The second-order valence-electron chi connectivity index (χ2n) is 2.86. The Morgan fingerprint density at radius 2 is 1.94 bits per heavy atom. The van der Waals surface area contributed by atoms with Gasteiger partial charge in [0.1, 0.15) is 0 Å². The van der Waals surface area contributed by atoms with Crippen molar-refractivity contribution in [1.29, 1.82) is 0 Å². The number of carbonyl (C=O) groups excluding carboxylic acids is 1. The van der Waals surface area contributed by atoms with Crippen LogP contribution in [0.5, 0.6) is 11.8 Å². The summed E-state index contributed by atoms with van der Waals surface area (Å²) in [5, 5.41) is 0.460. The fourth-order valence-electron chi connectivity index (χ4n) is 0.993. The second-order valence-corrected chi connectivity index (χ2v) is 3.29. The van der Waals surface area contributed by atoms with Gasteiger partial charge in [-0.25, -0.2) is 9.97 Å². The number of halogens is 1. The number of rotatable bonds is 3. The van der Waals surface area contributed by atoms with Crippen LogP contribution in [-0.4, -0.2) is 21.2 Å². The lowest BCUT2D eigenvalue weighted by Crippen LogP contribution is -1.93. The molecule has 0 bridgehead atoms. The van der Waals surface area contributed by atoms with Crippen molar-refractivity contribution >= 4 is 17.9 Å². The highest BCUT2D eigenvalue weighted by atomic mass is 35.5. The van der Waals surface area contributed by atoms with E-state index in [9.17, 15) is 4.79 Å². The summed E-state index contributed by atoms with van der Waals surface area (Å²) in [5.74, 6) is 0.436. The Morgan fingerprint density at radius 3 is 2.56 bits per heavy atom. The second kappa shape index (κ2) is 4.67. The zero-order chi connectivity index (χ0) is 11.4.